The molecule has 0 N–H and O–H groups in total. The second kappa shape index (κ2) is 1.61. The summed E-state index contributed by atoms with van der Waals surface area (Å²) in [7, 11) is 2.01. The first-order valence-corrected chi connectivity index (χ1v) is 3.66. The van der Waals surface area contributed by atoms with Crippen LogP contribution in [-0.4, -0.2) is 4.57 Å². The third-order valence-electron chi connectivity index (χ3n) is 1.42. The number of aryl methyl sites for hydroxylation is 1. The molecule has 0 aliphatic heterocycles. The van der Waals surface area contributed by atoms with E-state index in [0.717, 1.165) is 0 Å². The van der Waals surface area contributed by atoms with Crippen LogP contribution in [0.15, 0.2) is 17.5 Å². The van der Waals surface area contributed by atoms with Gasteiger partial charge in [-0.05, 0) is 17.5 Å². The van der Waals surface area contributed by atoms with Gasteiger partial charge in [0.15, 0.2) is 0 Å². The maximum atomic E-state index is 3.08. The van der Waals surface area contributed by atoms with Gasteiger partial charge in [-0.15, -0.1) is 11.3 Å². The molecule has 0 saturated carbocycles. The van der Waals surface area contributed by atoms with Crippen molar-refractivity contribution in [2.75, 3.05) is 0 Å². The highest BCUT2D eigenvalue weighted by atomic mass is 32.1. The second-order valence-corrected chi connectivity index (χ2v) is 2.95. The van der Waals surface area contributed by atoms with E-state index in [1.54, 1.807) is 11.3 Å². The Morgan fingerprint density at radius 3 is 3.33 bits per heavy atom. The maximum absolute atomic E-state index is 3.08. The van der Waals surface area contributed by atoms with Crippen LogP contribution in [0.5, 0.6) is 0 Å². The minimum atomic E-state index is 1.28. The van der Waals surface area contributed by atoms with Crippen molar-refractivity contribution in [2.24, 2.45) is 7.05 Å². The maximum Gasteiger partial charge on any atom is 0.0665 e. The van der Waals surface area contributed by atoms with E-state index in [0.29, 0.717) is 0 Å². The van der Waals surface area contributed by atoms with Gasteiger partial charge in [0.25, 0.3) is 0 Å². The van der Waals surface area contributed by atoms with Crippen LogP contribution in [0.1, 0.15) is 0 Å². The lowest BCUT2D eigenvalue weighted by Crippen LogP contribution is -1.80. The van der Waals surface area contributed by atoms with Crippen LogP contribution in [0.2, 0.25) is 0 Å². The van der Waals surface area contributed by atoms with E-state index < -0.39 is 0 Å². The van der Waals surface area contributed by atoms with E-state index in [2.05, 4.69) is 17.6 Å². The van der Waals surface area contributed by atoms with Crippen LogP contribution < -0.4 is 0 Å². The molecule has 0 saturated heterocycles. The summed E-state index contributed by atoms with van der Waals surface area (Å²) in [6.45, 7) is 0. The third kappa shape index (κ3) is 0.598. The Labute approximate surface area is 57.5 Å². The number of hydrogen-bond acceptors (Lipinski definition) is 1. The summed E-state index contributed by atoms with van der Waals surface area (Å²) < 4.78 is 3.32. The molecule has 0 aromatic carbocycles. The molecule has 2 heterocycles. The Balaban J connectivity index is 2.99. The quantitative estimate of drug-likeness (QED) is 0.522. The number of aromatic nitrogens is 1. The first-order chi connectivity index (χ1) is 4.38. The van der Waals surface area contributed by atoms with Crippen LogP contribution >= 0.6 is 11.3 Å². The Hall–Kier alpha value is -0.760. The molecule has 1 radical (unpaired) electrons. The van der Waals surface area contributed by atoms with E-state index in [1.807, 2.05) is 17.7 Å². The standard InChI is InChI=1S/C7H6NS/c1-8-4-2-7-6(8)3-5-9-7/h2-3,5H,1H3. The average molecular weight is 136 g/mol. The fraction of sp³-hybridized carbons (Fsp3) is 0.143. The molecule has 2 heteroatoms. The molecule has 0 bridgehead atoms. The van der Waals surface area contributed by atoms with Crippen molar-refractivity contribution in [3.8, 4) is 0 Å². The highest BCUT2D eigenvalue weighted by Gasteiger charge is 1.95. The molecular weight excluding hydrogens is 130 g/mol. The zero-order valence-electron chi connectivity index (χ0n) is 5.09. The molecule has 2 aromatic rings. The zero-order valence-corrected chi connectivity index (χ0v) is 5.90. The summed E-state index contributed by atoms with van der Waals surface area (Å²) in [5.41, 5.74) is 1.28. The number of rotatable bonds is 0. The van der Waals surface area contributed by atoms with E-state index in [9.17, 15) is 0 Å². The Kier molecular flexibility index (Phi) is 0.904. The zero-order chi connectivity index (χ0) is 6.27. The van der Waals surface area contributed by atoms with Gasteiger partial charge < -0.3 is 4.57 Å². The largest absolute Gasteiger partial charge is 0.342 e. The molecule has 0 fully saturated rings. The summed E-state index contributed by atoms with van der Waals surface area (Å²) in [6, 6.07) is 4.12. The van der Waals surface area contributed by atoms with Crippen molar-refractivity contribution in [3.05, 3.63) is 23.7 Å². The third-order valence-corrected chi connectivity index (χ3v) is 2.28. The van der Waals surface area contributed by atoms with Crippen molar-refractivity contribution in [2.45, 2.75) is 0 Å². The Morgan fingerprint density at radius 1 is 1.67 bits per heavy atom. The summed E-state index contributed by atoms with van der Waals surface area (Å²) in [5, 5.41) is 2.10. The van der Waals surface area contributed by atoms with Crippen molar-refractivity contribution >= 4 is 21.6 Å². The van der Waals surface area contributed by atoms with Gasteiger partial charge in [0.2, 0.25) is 0 Å². The highest BCUT2D eigenvalue weighted by Crippen LogP contribution is 2.19. The van der Waals surface area contributed by atoms with E-state index in [4.69, 9.17) is 0 Å². The molecule has 0 aliphatic carbocycles. The van der Waals surface area contributed by atoms with Gasteiger partial charge in [-0.1, -0.05) is 0 Å². The van der Waals surface area contributed by atoms with E-state index in [-0.39, 0.29) is 0 Å². The van der Waals surface area contributed by atoms with Gasteiger partial charge in [-0.2, -0.15) is 0 Å². The molecule has 0 spiro atoms. The van der Waals surface area contributed by atoms with Crippen molar-refractivity contribution in [3.63, 3.8) is 0 Å². The minimum absolute atomic E-state index is 1.28. The summed E-state index contributed by atoms with van der Waals surface area (Å²) in [6.07, 6.45) is 3.08. The Bertz CT molecular complexity index is 318. The smallest absolute Gasteiger partial charge is 0.0665 e. The minimum Gasteiger partial charge on any atom is -0.342 e. The lowest BCUT2D eigenvalue weighted by atomic mass is 10.5. The normalized spacial score (nSPS) is 10.8. The molecule has 0 aliphatic rings. The average Bonchev–Trinajstić information content (AvgIpc) is 2.35. The molecule has 2 aromatic heterocycles. The van der Waals surface area contributed by atoms with Crippen LogP contribution in [0.3, 0.4) is 0 Å². The van der Waals surface area contributed by atoms with Crippen LogP contribution in [0.25, 0.3) is 10.2 Å². The van der Waals surface area contributed by atoms with E-state index in [1.165, 1.54) is 10.2 Å². The lowest BCUT2D eigenvalue weighted by molar-refractivity contribution is 0.961. The van der Waals surface area contributed by atoms with Gasteiger partial charge in [0.05, 0.1) is 16.4 Å². The summed E-state index contributed by atoms with van der Waals surface area (Å²) >= 11 is 1.76. The topological polar surface area (TPSA) is 4.93 Å². The highest BCUT2D eigenvalue weighted by molar-refractivity contribution is 7.17. The molecule has 0 atom stereocenters. The number of thiophene rings is 1. The predicted octanol–water partition coefficient (Wildman–Crippen LogP) is 2.04. The van der Waals surface area contributed by atoms with Gasteiger partial charge in [0.1, 0.15) is 0 Å². The van der Waals surface area contributed by atoms with Gasteiger partial charge in [-0.3, -0.25) is 0 Å². The van der Waals surface area contributed by atoms with Crippen LogP contribution in [-0.2, 0) is 7.05 Å². The van der Waals surface area contributed by atoms with E-state index >= 15 is 0 Å². The van der Waals surface area contributed by atoms with Crippen molar-refractivity contribution in [1.82, 2.24) is 4.57 Å². The van der Waals surface area contributed by atoms with Gasteiger partial charge >= 0.3 is 0 Å². The molecule has 45 valence electrons. The SMILES string of the molecule is Cn1[c]cc2sccc21. The number of nitrogens with zero attached hydrogens (tertiary/aromatic N) is 1. The number of hydrogen-bond donors (Lipinski definition) is 0. The molecule has 9 heavy (non-hydrogen) atoms. The predicted molar refractivity (Wildman–Crippen MR) is 39.6 cm³/mol. The molecule has 2 rings (SSSR count). The molecule has 0 amide bonds. The first-order valence-electron chi connectivity index (χ1n) is 2.78. The lowest BCUT2D eigenvalue weighted by Gasteiger charge is -1.85. The van der Waals surface area contributed by atoms with Gasteiger partial charge in [-0.25, -0.2) is 0 Å². The second-order valence-electron chi connectivity index (χ2n) is 2.00. The first kappa shape index (κ1) is 5.06. The number of fused-ring (bicyclic) bond motifs is 1. The Morgan fingerprint density at radius 2 is 2.56 bits per heavy atom. The molecule has 0 unspecified atom stereocenters. The van der Waals surface area contributed by atoms with Crippen molar-refractivity contribution < 1.29 is 0 Å². The fourth-order valence-corrected chi connectivity index (χ4v) is 1.71. The van der Waals surface area contributed by atoms with Crippen LogP contribution in [0, 0.1) is 6.20 Å². The van der Waals surface area contributed by atoms with Gasteiger partial charge in [0, 0.05) is 7.05 Å². The van der Waals surface area contributed by atoms with Crippen LogP contribution in [0.4, 0.5) is 0 Å². The van der Waals surface area contributed by atoms with Crippen molar-refractivity contribution in [1.29, 1.82) is 0 Å². The summed E-state index contributed by atoms with van der Waals surface area (Å²) in [5.74, 6) is 0. The summed E-state index contributed by atoms with van der Waals surface area (Å²) in [4.78, 5) is 0. The molecule has 1 nitrogen and oxygen atoms in total. The monoisotopic (exact) mass is 136 g/mol. The fourth-order valence-electron chi connectivity index (χ4n) is 0.924. The molecular formula is C7H6NS.